The van der Waals surface area contributed by atoms with Crippen molar-refractivity contribution in [3.8, 4) is 0 Å². The van der Waals surface area contributed by atoms with Gasteiger partial charge >= 0.3 is 0 Å². The number of hydrogen-bond acceptors (Lipinski definition) is 4. The number of amides is 2. The normalized spacial score (nSPS) is 11.9. The molecule has 0 aliphatic rings. The minimum Gasteiger partial charge on any atom is -0.467 e. The van der Waals surface area contributed by atoms with Crippen molar-refractivity contribution in [2.45, 2.75) is 19.4 Å². The first-order valence-electron chi connectivity index (χ1n) is 6.69. The summed E-state index contributed by atoms with van der Waals surface area (Å²) in [4.78, 5) is 25.4. The lowest BCUT2D eigenvalue weighted by molar-refractivity contribution is -0.131. The number of thiophene rings is 1. The molecule has 0 fully saturated rings. The van der Waals surface area contributed by atoms with E-state index in [0.717, 1.165) is 5.76 Å². The van der Waals surface area contributed by atoms with Crippen LogP contribution in [0.2, 0.25) is 0 Å². The summed E-state index contributed by atoms with van der Waals surface area (Å²) >= 11 is 1.47. The van der Waals surface area contributed by atoms with Crippen molar-refractivity contribution in [2.75, 3.05) is 13.6 Å². The number of carbonyl (C=O) groups excluding carboxylic acids is 2. The van der Waals surface area contributed by atoms with E-state index in [9.17, 15) is 9.59 Å². The van der Waals surface area contributed by atoms with Gasteiger partial charge in [-0.15, -0.1) is 0 Å². The van der Waals surface area contributed by atoms with E-state index in [2.05, 4.69) is 5.32 Å². The summed E-state index contributed by atoms with van der Waals surface area (Å²) in [5.41, 5.74) is 0.629. The Hall–Kier alpha value is -2.08. The third kappa shape index (κ3) is 3.95. The predicted molar refractivity (Wildman–Crippen MR) is 81.2 cm³/mol. The summed E-state index contributed by atoms with van der Waals surface area (Å²) in [5.74, 6) is 0.559. The molecule has 0 aromatic carbocycles. The molecule has 1 atom stereocenters. The van der Waals surface area contributed by atoms with Crippen molar-refractivity contribution >= 4 is 23.2 Å². The van der Waals surface area contributed by atoms with Gasteiger partial charge in [-0.3, -0.25) is 9.59 Å². The number of nitrogens with zero attached hydrogens (tertiary/aromatic N) is 1. The van der Waals surface area contributed by atoms with E-state index in [4.69, 9.17) is 4.42 Å². The molecule has 21 heavy (non-hydrogen) atoms. The third-order valence-corrected chi connectivity index (χ3v) is 4.02. The van der Waals surface area contributed by atoms with E-state index in [1.807, 2.05) is 18.4 Å². The van der Waals surface area contributed by atoms with E-state index in [0.29, 0.717) is 12.1 Å². The summed E-state index contributed by atoms with van der Waals surface area (Å²) in [6, 6.07) is 5.27. The monoisotopic (exact) mass is 306 g/mol. The first-order valence-corrected chi connectivity index (χ1v) is 7.63. The Bertz CT molecular complexity index is 578. The van der Waals surface area contributed by atoms with Crippen LogP contribution in [0, 0.1) is 0 Å². The van der Waals surface area contributed by atoms with Crippen LogP contribution in [0.3, 0.4) is 0 Å². The van der Waals surface area contributed by atoms with Crippen LogP contribution in [0.1, 0.15) is 35.5 Å². The van der Waals surface area contributed by atoms with Crippen molar-refractivity contribution in [3.63, 3.8) is 0 Å². The van der Waals surface area contributed by atoms with E-state index in [-0.39, 0.29) is 24.3 Å². The van der Waals surface area contributed by atoms with Gasteiger partial charge in [0.05, 0.1) is 12.3 Å². The standard InChI is InChI=1S/C15H18N2O3S/c1-11(13-4-3-8-20-13)17(2)14(18)5-7-16-15(19)12-6-9-21-10-12/h3-4,6,8-11H,5,7H2,1-2H3,(H,16,19). The summed E-state index contributed by atoms with van der Waals surface area (Å²) in [6.07, 6.45) is 1.85. The van der Waals surface area contributed by atoms with Crippen LogP contribution in [0.4, 0.5) is 0 Å². The third-order valence-electron chi connectivity index (χ3n) is 3.34. The molecule has 0 bridgehead atoms. The Morgan fingerprint density at radius 1 is 1.43 bits per heavy atom. The van der Waals surface area contributed by atoms with Gasteiger partial charge < -0.3 is 14.6 Å². The van der Waals surface area contributed by atoms with Gasteiger partial charge in [0.2, 0.25) is 5.91 Å². The molecule has 112 valence electrons. The van der Waals surface area contributed by atoms with Crippen LogP contribution in [-0.2, 0) is 4.79 Å². The molecule has 2 heterocycles. The second-order valence-electron chi connectivity index (χ2n) is 4.71. The smallest absolute Gasteiger partial charge is 0.252 e. The highest BCUT2D eigenvalue weighted by Crippen LogP contribution is 2.19. The van der Waals surface area contributed by atoms with E-state index < -0.39 is 0 Å². The maximum atomic E-state index is 12.1. The minimum absolute atomic E-state index is 0.0375. The van der Waals surface area contributed by atoms with Gasteiger partial charge in [-0.2, -0.15) is 11.3 Å². The maximum absolute atomic E-state index is 12.1. The fraction of sp³-hybridized carbons (Fsp3) is 0.333. The summed E-state index contributed by atoms with van der Waals surface area (Å²) in [6.45, 7) is 2.23. The molecular weight excluding hydrogens is 288 g/mol. The summed E-state index contributed by atoms with van der Waals surface area (Å²) < 4.78 is 5.30. The molecule has 0 saturated heterocycles. The molecule has 1 N–H and O–H groups in total. The van der Waals surface area contributed by atoms with Gasteiger partial charge in [-0.25, -0.2) is 0 Å². The second kappa shape index (κ2) is 7.08. The van der Waals surface area contributed by atoms with Crippen LogP contribution < -0.4 is 5.32 Å². The predicted octanol–water partition coefficient (Wildman–Crippen LogP) is 2.68. The Morgan fingerprint density at radius 2 is 2.24 bits per heavy atom. The highest BCUT2D eigenvalue weighted by atomic mass is 32.1. The fourth-order valence-electron chi connectivity index (χ4n) is 1.89. The highest BCUT2D eigenvalue weighted by Gasteiger charge is 2.19. The molecule has 1 unspecified atom stereocenters. The molecule has 6 heteroatoms. The largest absolute Gasteiger partial charge is 0.467 e. The van der Waals surface area contributed by atoms with Gasteiger partial charge in [0.15, 0.2) is 0 Å². The molecule has 0 radical (unpaired) electrons. The second-order valence-corrected chi connectivity index (χ2v) is 5.49. The summed E-state index contributed by atoms with van der Waals surface area (Å²) in [5, 5.41) is 6.37. The topological polar surface area (TPSA) is 62.6 Å². The van der Waals surface area contributed by atoms with Crippen molar-refractivity contribution in [2.24, 2.45) is 0 Å². The number of furan rings is 1. The lowest BCUT2D eigenvalue weighted by Gasteiger charge is -2.23. The van der Waals surface area contributed by atoms with Crippen LogP contribution in [0.5, 0.6) is 0 Å². The molecular formula is C15H18N2O3S. The zero-order chi connectivity index (χ0) is 15.2. The van der Waals surface area contributed by atoms with Crippen LogP contribution in [0.25, 0.3) is 0 Å². The molecule has 2 aromatic heterocycles. The van der Waals surface area contributed by atoms with Crippen LogP contribution in [0.15, 0.2) is 39.6 Å². The summed E-state index contributed by atoms with van der Waals surface area (Å²) in [7, 11) is 1.73. The van der Waals surface area contributed by atoms with E-state index in [1.54, 1.807) is 35.7 Å². The highest BCUT2D eigenvalue weighted by molar-refractivity contribution is 7.08. The Kier molecular flexibility index (Phi) is 5.16. The first-order chi connectivity index (χ1) is 10.1. The van der Waals surface area contributed by atoms with Crippen molar-refractivity contribution in [1.29, 1.82) is 0 Å². The van der Waals surface area contributed by atoms with Gasteiger partial charge in [0, 0.05) is 31.0 Å². The molecule has 2 aromatic rings. The lowest BCUT2D eigenvalue weighted by Crippen LogP contribution is -2.33. The maximum Gasteiger partial charge on any atom is 0.252 e. The van der Waals surface area contributed by atoms with Gasteiger partial charge in [-0.05, 0) is 30.5 Å². The SMILES string of the molecule is CC(c1ccco1)N(C)C(=O)CCNC(=O)c1ccsc1. The number of hydrogen-bond donors (Lipinski definition) is 1. The Morgan fingerprint density at radius 3 is 2.86 bits per heavy atom. The van der Waals surface area contributed by atoms with Crippen LogP contribution in [-0.4, -0.2) is 30.3 Å². The van der Waals surface area contributed by atoms with Gasteiger partial charge in [-0.1, -0.05) is 0 Å². The molecule has 0 spiro atoms. The average molecular weight is 306 g/mol. The van der Waals surface area contributed by atoms with Gasteiger partial charge in [0.1, 0.15) is 5.76 Å². The quantitative estimate of drug-likeness (QED) is 0.892. The first kappa shape index (κ1) is 15.3. The average Bonchev–Trinajstić information content (AvgIpc) is 3.17. The van der Waals surface area contributed by atoms with Crippen molar-refractivity contribution in [1.82, 2.24) is 10.2 Å². The van der Waals surface area contributed by atoms with Crippen molar-refractivity contribution < 1.29 is 14.0 Å². The number of nitrogens with one attached hydrogen (secondary N) is 1. The zero-order valence-electron chi connectivity index (χ0n) is 12.0. The van der Waals surface area contributed by atoms with Crippen LogP contribution >= 0.6 is 11.3 Å². The van der Waals surface area contributed by atoms with Gasteiger partial charge in [0.25, 0.3) is 5.91 Å². The Balaban J connectivity index is 1.78. The molecule has 5 nitrogen and oxygen atoms in total. The Labute approximate surface area is 127 Å². The molecule has 0 aliphatic heterocycles. The van der Waals surface area contributed by atoms with Crippen molar-refractivity contribution in [3.05, 3.63) is 46.5 Å². The molecule has 0 aliphatic carbocycles. The van der Waals surface area contributed by atoms with E-state index in [1.165, 1.54) is 11.3 Å². The number of carbonyl (C=O) groups is 2. The fourth-order valence-corrected chi connectivity index (χ4v) is 2.53. The zero-order valence-corrected chi connectivity index (χ0v) is 12.9. The number of rotatable bonds is 6. The molecule has 0 saturated carbocycles. The minimum atomic E-state index is -0.147. The lowest BCUT2D eigenvalue weighted by atomic mass is 10.2. The van der Waals surface area contributed by atoms with E-state index >= 15 is 0 Å². The molecule has 2 amide bonds. The molecule has 2 rings (SSSR count).